The van der Waals surface area contributed by atoms with Crippen molar-refractivity contribution < 1.29 is 22.7 Å². The number of benzene rings is 3. The molecule has 33 heavy (non-hydrogen) atoms. The van der Waals surface area contributed by atoms with Crippen molar-refractivity contribution in [3.8, 4) is 5.75 Å². The van der Waals surface area contributed by atoms with Gasteiger partial charge in [-0.2, -0.15) is 0 Å². The molecule has 0 aliphatic heterocycles. The van der Waals surface area contributed by atoms with E-state index in [0.717, 1.165) is 11.1 Å². The molecular formula is C24H25N3O5S. The molecule has 3 aromatic rings. The van der Waals surface area contributed by atoms with Crippen LogP contribution in [0.15, 0.2) is 65.6 Å². The highest BCUT2D eigenvalue weighted by atomic mass is 32.2. The van der Waals surface area contributed by atoms with Crippen LogP contribution in [0.25, 0.3) is 0 Å². The van der Waals surface area contributed by atoms with Crippen LogP contribution in [-0.2, 0) is 14.8 Å². The van der Waals surface area contributed by atoms with Crippen molar-refractivity contribution in [2.24, 2.45) is 0 Å². The average Bonchev–Trinajstić information content (AvgIpc) is 2.75. The van der Waals surface area contributed by atoms with E-state index in [4.69, 9.17) is 4.74 Å². The molecule has 0 unspecified atom stereocenters. The maximum atomic E-state index is 12.7. The van der Waals surface area contributed by atoms with Gasteiger partial charge in [0, 0.05) is 23.9 Å². The highest BCUT2D eigenvalue weighted by Crippen LogP contribution is 2.28. The SMILES string of the molecule is COc1ccc(NC(C)=O)cc1NC(=O)c1ccc(NS(=O)(=O)c2ccc(C)c(C)c2)cc1. The van der Waals surface area contributed by atoms with Crippen molar-refractivity contribution in [2.45, 2.75) is 25.7 Å². The van der Waals surface area contributed by atoms with Crippen molar-refractivity contribution in [1.82, 2.24) is 0 Å². The number of anilines is 3. The van der Waals surface area contributed by atoms with E-state index >= 15 is 0 Å². The second kappa shape index (κ2) is 9.74. The Morgan fingerprint density at radius 3 is 2.09 bits per heavy atom. The largest absolute Gasteiger partial charge is 0.495 e. The topological polar surface area (TPSA) is 114 Å². The van der Waals surface area contributed by atoms with Crippen molar-refractivity contribution in [3.63, 3.8) is 0 Å². The fraction of sp³-hybridized carbons (Fsp3) is 0.167. The third-order valence-electron chi connectivity index (χ3n) is 4.96. The highest BCUT2D eigenvalue weighted by Gasteiger charge is 2.16. The van der Waals surface area contributed by atoms with E-state index in [0.29, 0.717) is 28.4 Å². The minimum atomic E-state index is -3.76. The minimum absolute atomic E-state index is 0.165. The number of hydrogen-bond donors (Lipinski definition) is 3. The molecule has 0 saturated carbocycles. The van der Waals surface area contributed by atoms with E-state index in [1.807, 2.05) is 13.8 Å². The van der Waals surface area contributed by atoms with Crippen LogP contribution >= 0.6 is 0 Å². The molecule has 2 amide bonds. The Morgan fingerprint density at radius 1 is 0.818 bits per heavy atom. The third-order valence-corrected chi connectivity index (χ3v) is 6.33. The van der Waals surface area contributed by atoms with Gasteiger partial charge >= 0.3 is 0 Å². The van der Waals surface area contributed by atoms with Gasteiger partial charge in [0.25, 0.3) is 15.9 Å². The first kappa shape index (κ1) is 23.8. The van der Waals surface area contributed by atoms with Crippen molar-refractivity contribution in [3.05, 3.63) is 77.4 Å². The molecule has 0 radical (unpaired) electrons. The Morgan fingerprint density at radius 2 is 1.48 bits per heavy atom. The van der Waals surface area contributed by atoms with E-state index in [-0.39, 0.29) is 10.8 Å². The number of nitrogens with one attached hydrogen (secondary N) is 3. The van der Waals surface area contributed by atoms with Crippen LogP contribution in [0.5, 0.6) is 5.75 Å². The summed E-state index contributed by atoms with van der Waals surface area (Å²) in [7, 11) is -2.29. The number of aryl methyl sites for hydroxylation is 2. The van der Waals surface area contributed by atoms with Gasteiger partial charge in [0.1, 0.15) is 5.75 Å². The molecule has 8 nitrogen and oxygen atoms in total. The Labute approximate surface area is 193 Å². The van der Waals surface area contributed by atoms with Gasteiger partial charge in [-0.3, -0.25) is 14.3 Å². The van der Waals surface area contributed by atoms with Crippen molar-refractivity contribution in [2.75, 3.05) is 22.5 Å². The summed E-state index contributed by atoms with van der Waals surface area (Å²) in [6, 6.07) is 15.8. The zero-order valence-corrected chi connectivity index (χ0v) is 19.5. The maximum absolute atomic E-state index is 12.7. The van der Waals surface area contributed by atoms with Gasteiger partial charge in [0.05, 0.1) is 17.7 Å². The first-order chi connectivity index (χ1) is 15.6. The lowest BCUT2D eigenvalue weighted by Gasteiger charge is -2.13. The summed E-state index contributed by atoms with van der Waals surface area (Å²) in [6.45, 7) is 5.15. The zero-order valence-electron chi connectivity index (χ0n) is 18.7. The molecule has 0 spiro atoms. The third kappa shape index (κ3) is 5.89. The molecule has 0 heterocycles. The smallest absolute Gasteiger partial charge is 0.261 e. The number of carbonyl (C=O) groups is 2. The molecule has 3 rings (SSSR count). The number of carbonyl (C=O) groups excluding carboxylic acids is 2. The molecule has 9 heteroatoms. The predicted molar refractivity (Wildman–Crippen MR) is 128 cm³/mol. The number of ether oxygens (including phenoxy) is 1. The zero-order chi connectivity index (χ0) is 24.2. The fourth-order valence-corrected chi connectivity index (χ4v) is 4.21. The van der Waals surface area contributed by atoms with Crippen LogP contribution in [-0.4, -0.2) is 27.3 Å². The molecule has 3 N–H and O–H groups in total. The average molecular weight is 468 g/mol. The summed E-state index contributed by atoms with van der Waals surface area (Å²) in [6.07, 6.45) is 0. The standard InChI is InChI=1S/C24H25N3O5S/c1-15-5-11-21(13-16(15)2)33(30,31)27-19-8-6-18(7-9-19)24(29)26-22-14-20(25-17(3)28)10-12-23(22)32-4/h5-14,27H,1-4H3,(H,25,28)(H,26,29). The first-order valence-electron chi connectivity index (χ1n) is 10.1. The lowest BCUT2D eigenvalue weighted by atomic mass is 10.1. The highest BCUT2D eigenvalue weighted by molar-refractivity contribution is 7.92. The van der Waals surface area contributed by atoms with Crippen LogP contribution in [0.1, 0.15) is 28.4 Å². The van der Waals surface area contributed by atoms with Crippen LogP contribution in [0.4, 0.5) is 17.1 Å². The minimum Gasteiger partial charge on any atom is -0.495 e. The van der Waals surface area contributed by atoms with Gasteiger partial charge in [0.2, 0.25) is 5.91 Å². The lowest BCUT2D eigenvalue weighted by molar-refractivity contribution is -0.114. The number of rotatable bonds is 7. The van der Waals surface area contributed by atoms with E-state index in [1.54, 1.807) is 36.4 Å². The Hall–Kier alpha value is -3.85. The molecule has 172 valence electrons. The van der Waals surface area contributed by atoms with Crippen LogP contribution in [0, 0.1) is 13.8 Å². The maximum Gasteiger partial charge on any atom is 0.261 e. The molecule has 0 saturated heterocycles. The van der Waals surface area contributed by atoms with E-state index in [9.17, 15) is 18.0 Å². The summed E-state index contributed by atoms with van der Waals surface area (Å²) in [5.41, 5.74) is 3.42. The molecule has 0 fully saturated rings. The fourth-order valence-electron chi connectivity index (χ4n) is 3.07. The predicted octanol–water partition coefficient (Wildman–Crippen LogP) is 4.32. The second-order valence-corrected chi connectivity index (χ2v) is 9.16. The van der Waals surface area contributed by atoms with Gasteiger partial charge in [0.15, 0.2) is 0 Å². The normalized spacial score (nSPS) is 10.9. The Balaban J connectivity index is 1.75. The van der Waals surface area contributed by atoms with Crippen LogP contribution in [0.2, 0.25) is 0 Å². The lowest BCUT2D eigenvalue weighted by Crippen LogP contribution is -2.15. The number of methoxy groups -OCH3 is 1. The van der Waals surface area contributed by atoms with Gasteiger partial charge in [-0.15, -0.1) is 0 Å². The monoisotopic (exact) mass is 467 g/mol. The summed E-state index contributed by atoms with van der Waals surface area (Å²) >= 11 is 0. The summed E-state index contributed by atoms with van der Waals surface area (Å²) in [5, 5.41) is 5.39. The number of sulfonamides is 1. The Kier molecular flexibility index (Phi) is 7.03. The number of hydrogen-bond acceptors (Lipinski definition) is 5. The van der Waals surface area contributed by atoms with Crippen molar-refractivity contribution in [1.29, 1.82) is 0 Å². The van der Waals surface area contributed by atoms with Gasteiger partial charge in [-0.25, -0.2) is 8.42 Å². The van der Waals surface area contributed by atoms with Gasteiger partial charge in [-0.1, -0.05) is 6.07 Å². The second-order valence-electron chi connectivity index (χ2n) is 7.48. The molecule has 0 bridgehead atoms. The van der Waals surface area contributed by atoms with E-state index in [1.165, 1.54) is 38.3 Å². The number of amides is 2. The van der Waals surface area contributed by atoms with Crippen LogP contribution < -0.4 is 20.1 Å². The Bertz CT molecular complexity index is 1300. The molecule has 0 aliphatic carbocycles. The molecule has 0 aliphatic rings. The summed E-state index contributed by atoms with van der Waals surface area (Å²) < 4.78 is 33.1. The molecule has 0 atom stereocenters. The quantitative estimate of drug-likeness (QED) is 0.479. The summed E-state index contributed by atoms with van der Waals surface area (Å²) in [5.74, 6) is -0.233. The van der Waals surface area contributed by atoms with Crippen molar-refractivity contribution >= 4 is 38.9 Å². The van der Waals surface area contributed by atoms with Crippen LogP contribution in [0.3, 0.4) is 0 Å². The van der Waals surface area contributed by atoms with E-state index < -0.39 is 15.9 Å². The van der Waals surface area contributed by atoms with Gasteiger partial charge < -0.3 is 15.4 Å². The molecule has 0 aromatic heterocycles. The first-order valence-corrected chi connectivity index (χ1v) is 11.5. The van der Waals surface area contributed by atoms with E-state index in [2.05, 4.69) is 15.4 Å². The molecule has 3 aromatic carbocycles. The molecular weight excluding hydrogens is 442 g/mol. The van der Waals surface area contributed by atoms with Gasteiger partial charge in [-0.05, 0) is 79.6 Å². The summed E-state index contributed by atoms with van der Waals surface area (Å²) in [4.78, 5) is 24.2.